The number of Topliss-reactive ketones (excluding diaryl/α,β-unsaturated/α-hetero) is 1. The maximum absolute atomic E-state index is 12.5. The molecule has 0 radical (unpaired) electrons. The van der Waals surface area contributed by atoms with E-state index in [0.717, 1.165) is 22.2 Å². The summed E-state index contributed by atoms with van der Waals surface area (Å²) in [5.74, 6) is 1.88. The topological polar surface area (TPSA) is 92.9 Å². The number of ether oxygens (including phenoxy) is 2. The molecule has 0 aliphatic rings. The van der Waals surface area contributed by atoms with Crippen molar-refractivity contribution in [1.29, 1.82) is 0 Å². The number of nitrogens with zero attached hydrogens (tertiary/aromatic N) is 2. The number of imidazole rings is 1. The number of aromatic amines is 2. The zero-order chi connectivity index (χ0) is 20.4. The Kier molecular flexibility index (Phi) is 5.22. The molecule has 2 aromatic carbocycles. The van der Waals surface area contributed by atoms with Gasteiger partial charge in [-0.05, 0) is 17.7 Å². The van der Waals surface area contributed by atoms with Crippen LogP contribution in [-0.4, -0.2) is 40.2 Å². The number of carbonyl (C=O) groups excluding carboxylic acids is 1. The van der Waals surface area contributed by atoms with Crippen LogP contribution >= 0.6 is 11.6 Å². The lowest BCUT2D eigenvalue weighted by molar-refractivity contribution is -0.117. The molecule has 0 aliphatic carbocycles. The van der Waals surface area contributed by atoms with Gasteiger partial charge in [0.05, 0.1) is 31.4 Å². The molecule has 4 rings (SSSR count). The van der Waals surface area contributed by atoms with Crippen LogP contribution in [-0.2, 0) is 17.6 Å². The fraction of sp³-hybridized carbons (Fsp3) is 0.190. The number of halogens is 1. The van der Waals surface area contributed by atoms with Gasteiger partial charge in [-0.15, -0.1) is 0 Å². The van der Waals surface area contributed by atoms with Gasteiger partial charge in [0.2, 0.25) is 0 Å². The minimum atomic E-state index is 0.0782. The first kappa shape index (κ1) is 19.0. The Bertz CT molecular complexity index is 1120. The molecule has 2 heterocycles. The van der Waals surface area contributed by atoms with Gasteiger partial charge < -0.3 is 14.5 Å². The average Bonchev–Trinajstić information content (AvgIpc) is 3.34. The summed E-state index contributed by atoms with van der Waals surface area (Å²) in [6.45, 7) is 0. The Morgan fingerprint density at radius 3 is 2.52 bits per heavy atom. The quantitative estimate of drug-likeness (QED) is 0.480. The van der Waals surface area contributed by atoms with Crippen molar-refractivity contribution in [1.82, 2.24) is 20.2 Å². The van der Waals surface area contributed by atoms with E-state index in [0.29, 0.717) is 34.5 Å². The van der Waals surface area contributed by atoms with Crippen LogP contribution in [0.1, 0.15) is 11.1 Å². The van der Waals surface area contributed by atoms with Gasteiger partial charge in [-0.1, -0.05) is 23.7 Å². The number of benzene rings is 2. The van der Waals surface area contributed by atoms with Crippen molar-refractivity contribution in [2.45, 2.75) is 12.8 Å². The van der Waals surface area contributed by atoms with Gasteiger partial charge in [0.1, 0.15) is 11.5 Å². The first-order valence-corrected chi connectivity index (χ1v) is 9.35. The number of nitrogens with one attached hydrogen (secondary N) is 2. The fourth-order valence-electron chi connectivity index (χ4n) is 3.21. The number of hydrogen-bond acceptors (Lipinski definition) is 5. The Morgan fingerprint density at radius 1 is 1.07 bits per heavy atom. The average molecular weight is 411 g/mol. The van der Waals surface area contributed by atoms with Gasteiger partial charge in [0, 0.05) is 35.6 Å². The van der Waals surface area contributed by atoms with Crippen molar-refractivity contribution >= 4 is 28.4 Å². The third kappa shape index (κ3) is 3.95. The minimum Gasteiger partial charge on any atom is -0.493 e. The van der Waals surface area contributed by atoms with Crippen LogP contribution in [0.4, 0.5) is 0 Å². The molecule has 0 amide bonds. The number of hydrogen-bond donors (Lipinski definition) is 2. The van der Waals surface area contributed by atoms with Crippen molar-refractivity contribution in [2.75, 3.05) is 14.2 Å². The second-order valence-corrected chi connectivity index (χ2v) is 7.04. The predicted octanol–water partition coefficient (Wildman–Crippen LogP) is 3.98. The Balaban J connectivity index is 1.58. The molecular formula is C21H19ClN4O3. The molecule has 0 fully saturated rings. The highest BCUT2D eigenvalue weighted by Gasteiger charge is 2.17. The molecule has 0 aliphatic heterocycles. The molecule has 2 aromatic heterocycles. The predicted molar refractivity (Wildman–Crippen MR) is 111 cm³/mol. The van der Waals surface area contributed by atoms with Crippen molar-refractivity contribution in [3.05, 3.63) is 58.7 Å². The molecule has 4 aromatic rings. The van der Waals surface area contributed by atoms with Gasteiger partial charge >= 0.3 is 0 Å². The van der Waals surface area contributed by atoms with Crippen LogP contribution in [0, 0.1) is 0 Å². The lowest BCUT2D eigenvalue weighted by Gasteiger charge is -2.06. The summed E-state index contributed by atoms with van der Waals surface area (Å²) < 4.78 is 10.7. The molecule has 8 heteroatoms. The van der Waals surface area contributed by atoms with E-state index < -0.39 is 0 Å². The number of carbonyl (C=O) groups is 1. The van der Waals surface area contributed by atoms with E-state index in [2.05, 4.69) is 20.2 Å². The molecule has 148 valence electrons. The maximum Gasteiger partial charge on any atom is 0.163 e. The second-order valence-electron chi connectivity index (χ2n) is 6.60. The standard InChI is InChI=1S/C21H19ClN4O3/c1-28-18-9-16-17(10-19(18)29-2)25-21(24-16)20-13(11-23-26-20)8-15(27)7-12-3-5-14(22)6-4-12/h3-6,9-11H,7-8H2,1-2H3,(H,23,26)(H,24,25). The summed E-state index contributed by atoms with van der Waals surface area (Å²) in [6, 6.07) is 10.9. The molecular weight excluding hydrogens is 392 g/mol. The molecule has 0 unspecified atom stereocenters. The highest BCUT2D eigenvalue weighted by Crippen LogP contribution is 2.32. The van der Waals surface area contributed by atoms with E-state index in [9.17, 15) is 4.79 Å². The number of ketones is 1. The highest BCUT2D eigenvalue weighted by atomic mass is 35.5. The smallest absolute Gasteiger partial charge is 0.163 e. The molecule has 2 N–H and O–H groups in total. The largest absolute Gasteiger partial charge is 0.493 e. The van der Waals surface area contributed by atoms with Gasteiger partial charge in [-0.3, -0.25) is 9.89 Å². The minimum absolute atomic E-state index is 0.0782. The lowest BCUT2D eigenvalue weighted by Crippen LogP contribution is -2.07. The van der Waals surface area contributed by atoms with Crippen LogP contribution < -0.4 is 9.47 Å². The normalized spacial score (nSPS) is 11.0. The number of aromatic nitrogens is 4. The third-order valence-corrected chi connectivity index (χ3v) is 4.90. The molecule has 0 bridgehead atoms. The summed E-state index contributed by atoms with van der Waals surface area (Å²) >= 11 is 5.90. The van der Waals surface area contributed by atoms with E-state index in [1.165, 1.54) is 0 Å². The van der Waals surface area contributed by atoms with E-state index in [4.69, 9.17) is 21.1 Å². The zero-order valence-electron chi connectivity index (χ0n) is 16.0. The molecule has 0 saturated carbocycles. The summed E-state index contributed by atoms with van der Waals surface area (Å²) in [4.78, 5) is 20.4. The van der Waals surface area contributed by atoms with Crippen LogP contribution in [0.5, 0.6) is 11.5 Å². The summed E-state index contributed by atoms with van der Waals surface area (Å²) in [6.07, 6.45) is 2.23. The third-order valence-electron chi connectivity index (χ3n) is 4.64. The van der Waals surface area contributed by atoms with Gasteiger partial charge in [0.15, 0.2) is 17.3 Å². The Labute approximate surface area is 172 Å². The molecule has 29 heavy (non-hydrogen) atoms. The number of H-pyrrole nitrogens is 2. The number of rotatable bonds is 7. The van der Waals surface area contributed by atoms with E-state index in [1.54, 1.807) is 38.6 Å². The summed E-state index contributed by atoms with van der Waals surface area (Å²) in [7, 11) is 3.16. The molecule has 7 nitrogen and oxygen atoms in total. The van der Waals surface area contributed by atoms with E-state index >= 15 is 0 Å². The molecule has 0 saturated heterocycles. The maximum atomic E-state index is 12.5. The Morgan fingerprint density at radius 2 is 1.79 bits per heavy atom. The van der Waals surface area contributed by atoms with Gasteiger partial charge in [-0.25, -0.2) is 4.98 Å². The number of methoxy groups -OCH3 is 2. The summed E-state index contributed by atoms with van der Waals surface area (Å²) in [5, 5.41) is 7.69. The summed E-state index contributed by atoms with van der Waals surface area (Å²) in [5.41, 5.74) is 3.91. The highest BCUT2D eigenvalue weighted by molar-refractivity contribution is 6.30. The Hall–Kier alpha value is -3.32. The van der Waals surface area contributed by atoms with Crippen LogP contribution in [0.2, 0.25) is 5.02 Å². The lowest BCUT2D eigenvalue weighted by atomic mass is 10.0. The fourth-order valence-corrected chi connectivity index (χ4v) is 3.34. The number of fused-ring (bicyclic) bond motifs is 1. The van der Waals surface area contributed by atoms with Crippen molar-refractivity contribution in [3.63, 3.8) is 0 Å². The monoisotopic (exact) mass is 410 g/mol. The van der Waals surface area contributed by atoms with E-state index in [-0.39, 0.29) is 12.2 Å². The van der Waals surface area contributed by atoms with Crippen LogP contribution in [0.15, 0.2) is 42.6 Å². The second kappa shape index (κ2) is 7.97. The van der Waals surface area contributed by atoms with Crippen molar-refractivity contribution < 1.29 is 14.3 Å². The first-order chi connectivity index (χ1) is 14.1. The van der Waals surface area contributed by atoms with Crippen LogP contribution in [0.25, 0.3) is 22.6 Å². The van der Waals surface area contributed by atoms with Crippen LogP contribution in [0.3, 0.4) is 0 Å². The SMILES string of the molecule is COc1cc2nc(-c3[nH]ncc3CC(=O)Cc3ccc(Cl)cc3)[nH]c2cc1OC. The first-order valence-electron chi connectivity index (χ1n) is 8.98. The molecule has 0 atom stereocenters. The van der Waals surface area contributed by atoms with Gasteiger partial charge in [-0.2, -0.15) is 5.10 Å². The van der Waals surface area contributed by atoms with Crippen molar-refractivity contribution in [3.8, 4) is 23.0 Å². The zero-order valence-corrected chi connectivity index (χ0v) is 16.7. The van der Waals surface area contributed by atoms with E-state index in [1.807, 2.05) is 18.2 Å². The van der Waals surface area contributed by atoms with Crippen molar-refractivity contribution in [2.24, 2.45) is 0 Å². The molecule has 0 spiro atoms. The van der Waals surface area contributed by atoms with Gasteiger partial charge in [0.25, 0.3) is 0 Å².